The Hall–Kier alpha value is -3.35. The smallest absolute Gasteiger partial charge is 0.253 e. The topological polar surface area (TPSA) is 90.5 Å². The van der Waals surface area contributed by atoms with Gasteiger partial charge in [-0.1, -0.05) is 25.1 Å². The number of amides is 3. The van der Waals surface area contributed by atoms with Gasteiger partial charge in [0.1, 0.15) is 0 Å². The van der Waals surface area contributed by atoms with Crippen LogP contribution in [0.4, 0.5) is 11.4 Å². The third kappa shape index (κ3) is 6.31. The lowest BCUT2D eigenvalue weighted by molar-refractivity contribution is -0.119. The molecule has 0 saturated carbocycles. The first-order valence-electron chi connectivity index (χ1n) is 10.8. The molecular weight excluding hydrogens is 392 g/mol. The van der Waals surface area contributed by atoms with Crippen molar-refractivity contribution in [3.8, 4) is 0 Å². The number of hydrogen-bond donors (Lipinski definition) is 3. The van der Waals surface area contributed by atoms with E-state index in [2.05, 4.69) is 16.0 Å². The van der Waals surface area contributed by atoms with Gasteiger partial charge in [0, 0.05) is 43.0 Å². The Labute approximate surface area is 183 Å². The molecule has 0 aliphatic carbocycles. The second-order valence-corrected chi connectivity index (χ2v) is 7.76. The summed E-state index contributed by atoms with van der Waals surface area (Å²) in [6, 6.07) is 13.0. The number of benzene rings is 2. The van der Waals surface area contributed by atoms with Crippen LogP contribution in [0.1, 0.15) is 47.7 Å². The summed E-state index contributed by atoms with van der Waals surface area (Å²) in [6.07, 6.45) is 2.55. The van der Waals surface area contributed by atoms with Gasteiger partial charge in [-0.25, -0.2) is 0 Å². The zero-order valence-electron chi connectivity index (χ0n) is 18.2. The minimum Gasteiger partial charge on any atom is -0.376 e. The Morgan fingerprint density at radius 3 is 2.35 bits per heavy atom. The molecule has 0 unspecified atom stereocenters. The Kier molecular flexibility index (Phi) is 7.65. The maximum absolute atomic E-state index is 12.4. The Morgan fingerprint density at radius 1 is 0.968 bits per heavy atom. The number of nitrogens with zero attached hydrogens (tertiary/aromatic N) is 1. The third-order valence-electron chi connectivity index (χ3n) is 5.37. The summed E-state index contributed by atoms with van der Waals surface area (Å²) in [5.41, 5.74) is 4.11. The molecule has 0 aromatic heterocycles. The molecular formula is C24H30N4O3. The van der Waals surface area contributed by atoms with Crippen molar-refractivity contribution in [2.75, 3.05) is 30.3 Å². The molecule has 1 fully saturated rings. The van der Waals surface area contributed by atoms with Gasteiger partial charge in [0.15, 0.2) is 0 Å². The van der Waals surface area contributed by atoms with Crippen LogP contribution in [0.2, 0.25) is 0 Å². The second-order valence-electron chi connectivity index (χ2n) is 7.76. The predicted molar refractivity (Wildman–Crippen MR) is 122 cm³/mol. The van der Waals surface area contributed by atoms with E-state index in [-0.39, 0.29) is 24.3 Å². The molecule has 7 nitrogen and oxygen atoms in total. The standard InChI is InChI=1S/C24H30N4O3/c1-3-22(29)27-20-11-6-17(2)21(14-20)25-16-23(30)26-15-18-7-9-19(10-8-18)24(31)28-12-4-5-13-28/h6-11,14,25H,3-5,12-13,15-16H2,1-2H3,(H,26,30)(H,27,29). The SMILES string of the molecule is CCC(=O)Nc1ccc(C)c(NCC(=O)NCc2ccc(C(=O)N3CCCC3)cc2)c1. The number of carbonyl (C=O) groups excluding carboxylic acids is 3. The highest BCUT2D eigenvalue weighted by molar-refractivity contribution is 5.94. The molecule has 2 aromatic rings. The van der Waals surface area contributed by atoms with Gasteiger partial charge in [-0.05, 0) is 55.2 Å². The minimum absolute atomic E-state index is 0.0549. The number of hydrogen-bond acceptors (Lipinski definition) is 4. The van der Waals surface area contributed by atoms with Crippen molar-refractivity contribution in [2.24, 2.45) is 0 Å². The van der Waals surface area contributed by atoms with Gasteiger partial charge in [0.2, 0.25) is 11.8 Å². The number of aryl methyl sites for hydroxylation is 1. The molecule has 1 saturated heterocycles. The number of anilines is 2. The van der Waals surface area contributed by atoms with Crippen LogP contribution >= 0.6 is 0 Å². The van der Waals surface area contributed by atoms with Crippen molar-refractivity contribution in [3.63, 3.8) is 0 Å². The van der Waals surface area contributed by atoms with Crippen LogP contribution in [0.5, 0.6) is 0 Å². The number of likely N-dealkylation sites (tertiary alicyclic amines) is 1. The van der Waals surface area contributed by atoms with Crippen molar-refractivity contribution >= 4 is 29.1 Å². The summed E-state index contributed by atoms with van der Waals surface area (Å²) in [6.45, 7) is 5.92. The van der Waals surface area contributed by atoms with E-state index in [1.54, 1.807) is 6.92 Å². The Morgan fingerprint density at radius 2 is 1.68 bits per heavy atom. The van der Waals surface area contributed by atoms with E-state index in [1.807, 2.05) is 54.3 Å². The first kappa shape index (κ1) is 22.3. The first-order chi connectivity index (χ1) is 15.0. The van der Waals surface area contributed by atoms with E-state index in [0.717, 1.165) is 42.7 Å². The summed E-state index contributed by atoms with van der Waals surface area (Å²) in [4.78, 5) is 38.1. The van der Waals surface area contributed by atoms with E-state index in [9.17, 15) is 14.4 Å². The molecule has 3 rings (SSSR count). The highest BCUT2D eigenvalue weighted by Gasteiger charge is 2.19. The lowest BCUT2D eigenvalue weighted by Crippen LogP contribution is -2.29. The van der Waals surface area contributed by atoms with E-state index in [1.165, 1.54) is 0 Å². The van der Waals surface area contributed by atoms with Gasteiger partial charge in [-0.2, -0.15) is 0 Å². The lowest BCUT2D eigenvalue weighted by atomic mass is 10.1. The maximum Gasteiger partial charge on any atom is 0.253 e. The van der Waals surface area contributed by atoms with Crippen LogP contribution in [0.3, 0.4) is 0 Å². The van der Waals surface area contributed by atoms with Crippen molar-refractivity contribution < 1.29 is 14.4 Å². The van der Waals surface area contributed by atoms with Gasteiger partial charge in [-0.15, -0.1) is 0 Å². The maximum atomic E-state index is 12.4. The normalized spacial score (nSPS) is 13.0. The largest absolute Gasteiger partial charge is 0.376 e. The highest BCUT2D eigenvalue weighted by Crippen LogP contribution is 2.20. The molecule has 0 radical (unpaired) electrons. The molecule has 3 amide bonds. The van der Waals surface area contributed by atoms with Gasteiger partial charge in [0.05, 0.1) is 6.54 Å². The van der Waals surface area contributed by atoms with Crippen LogP contribution in [0.25, 0.3) is 0 Å². The molecule has 1 heterocycles. The predicted octanol–water partition coefficient (Wildman–Crippen LogP) is 3.31. The molecule has 3 N–H and O–H groups in total. The molecule has 1 aliphatic heterocycles. The fraction of sp³-hybridized carbons (Fsp3) is 0.375. The average Bonchev–Trinajstić information content (AvgIpc) is 3.32. The van der Waals surface area contributed by atoms with Crippen LogP contribution in [-0.4, -0.2) is 42.3 Å². The molecule has 164 valence electrons. The zero-order chi connectivity index (χ0) is 22.2. The van der Waals surface area contributed by atoms with Crippen LogP contribution in [0.15, 0.2) is 42.5 Å². The third-order valence-corrected chi connectivity index (χ3v) is 5.37. The summed E-state index contributed by atoms with van der Waals surface area (Å²) in [7, 11) is 0. The fourth-order valence-corrected chi connectivity index (χ4v) is 3.45. The van der Waals surface area contributed by atoms with Crippen LogP contribution in [-0.2, 0) is 16.1 Å². The number of carbonyl (C=O) groups is 3. The van der Waals surface area contributed by atoms with Crippen molar-refractivity contribution in [1.29, 1.82) is 0 Å². The van der Waals surface area contributed by atoms with Crippen molar-refractivity contribution in [3.05, 3.63) is 59.2 Å². The molecule has 7 heteroatoms. The van der Waals surface area contributed by atoms with E-state index >= 15 is 0 Å². The van der Waals surface area contributed by atoms with Gasteiger partial charge < -0.3 is 20.9 Å². The van der Waals surface area contributed by atoms with Gasteiger partial charge in [-0.3, -0.25) is 14.4 Å². The highest BCUT2D eigenvalue weighted by atomic mass is 16.2. The van der Waals surface area contributed by atoms with E-state index < -0.39 is 0 Å². The van der Waals surface area contributed by atoms with E-state index in [4.69, 9.17) is 0 Å². The van der Waals surface area contributed by atoms with Crippen molar-refractivity contribution in [2.45, 2.75) is 39.7 Å². The quantitative estimate of drug-likeness (QED) is 0.609. The van der Waals surface area contributed by atoms with Crippen molar-refractivity contribution in [1.82, 2.24) is 10.2 Å². The van der Waals surface area contributed by atoms with Gasteiger partial charge >= 0.3 is 0 Å². The molecule has 31 heavy (non-hydrogen) atoms. The molecule has 2 aromatic carbocycles. The molecule has 1 aliphatic rings. The summed E-state index contributed by atoms with van der Waals surface area (Å²) in [5, 5.41) is 8.82. The first-order valence-corrected chi connectivity index (χ1v) is 10.8. The van der Waals surface area contributed by atoms with Gasteiger partial charge in [0.25, 0.3) is 5.91 Å². The number of rotatable bonds is 8. The summed E-state index contributed by atoms with van der Waals surface area (Å²) in [5.74, 6) is -0.120. The molecule has 0 spiro atoms. The molecule has 0 atom stereocenters. The zero-order valence-corrected chi connectivity index (χ0v) is 18.2. The fourth-order valence-electron chi connectivity index (χ4n) is 3.45. The van der Waals surface area contributed by atoms with Crippen LogP contribution < -0.4 is 16.0 Å². The second kappa shape index (κ2) is 10.6. The molecule has 0 bridgehead atoms. The van der Waals surface area contributed by atoms with Crippen LogP contribution in [0, 0.1) is 6.92 Å². The summed E-state index contributed by atoms with van der Waals surface area (Å²) >= 11 is 0. The summed E-state index contributed by atoms with van der Waals surface area (Å²) < 4.78 is 0. The average molecular weight is 423 g/mol. The Bertz CT molecular complexity index is 934. The minimum atomic E-state index is -0.139. The monoisotopic (exact) mass is 422 g/mol. The van der Waals surface area contributed by atoms with E-state index in [0.29, 0.717) is 24.2 Å². The Balaban J connectivity index is 1.47. The lowest BCUT2D eigenvalue weighted by Gasteiger charge is -2.15. The number of nitrogens with one attached hydrogen (secondary N) is 3.